The molecular weight excluding hydrogens is 202 g/mol. The van der Waals surface area contributed by atoms with Gasteiger partial charge < -0.3 is 10.2 Å². The van der Waals surface area contributed by atoms with Crippen molar-refractivity contribution in [3.05, 3.63) is 0 Å². The van der Waals surface area contributed by atoms with Crippen molar-refractivity contribution in [1.82, 2.24) is 10.2 Å². The quantitative estimate of drug-likeness (QED) is 0.729. The maximum absolute atomic E-state index is 11.7. The molecule has 1 amide bonds. The molecule has 1 aliphatic heterocycles. The van der Waals surface area contributed by atoms with Gasteiger partial charge >= 0.3 is 0 Å². The van der Waals surface area contributed by atoms with E-state index in [-0.39, 0.29) is 11.9 Å². The van der Waals surface area contributed by atoms with Crippen molar-refractivity contribution in [2.24, 2.45) is 5.92 Å². The second-order valence-electron chi connectivity index (χ2n) is 4.98. The van der Waals surface area contributed by atoms with Crippen LogP contribution >= 0.6 is 0 Å². The van der Waals surface area contributed by atoms with Crippen molar-refractivity contribution in [3.8, 4) is 6.19 Å². The molecule has 0 bridgehead atoms. The second-order valence-corrected chi connectivity index (χ2v) is 4.98. The maximum atomic E-state index is 11.7. The molecule has 4 heteroatoms. The summed E-state index contributed by atoms with van der Waals surface area (Å²) < 4.78 is 0. The molecule has 0 radical (unpaired) electrons. The van der Waals surface area contributed by atoms with Gasteiger partial charge in [-0.1, -0.05) is 19.3 Å². The monoisotopic (exact) mass is 221 g/mol. The number of hydrogen-bond donors (Lipinski definition) is 1. The molecule has 0 aromatic carbocycles. The van der Waals surface area contributed by atoms with E-state index in [1.165, 1.54) is 32.1 Å². The normalized spacial score (nSPS) is 22.3. The lowest BCUT2D eigenvalue weighted by Gasteiger charge is -2.35. The van der Waals surface area contributed by atoms with Gasteiger partial charge in [0, 0.05) is 6.42 Å². The summed E-state index contributed by atoms with van der Waals surface area (Å²) in [6.07, 6.45) is 9.07. The third kappa shape index (κ3) is 2.88. The largest absolute Gasteiger partial charge is 0.350 e. The molecule has 2 rings (SSSR count). The Morgan fingerprint density at radius 1 is 1.31 bits per heavy atom. The molecule has 16 heavy (non-hydrogen) atoms. The van der Waals surface area contributed by atoms with E-state index >= 15 is 0 Å². The lowest BCUT2D eigenvalue weighted by Crippen LogP contribution is -2.57. The molecule has 1 heterocycles. The first-order chi connectivity index (χ1) is 7.78. The average Bonchev–Trinajstić information content (AvgIpc) is 2.24. The highest BCUT2D eigenvalue weighted by molar-refractivity contribution is 5.76. The Morgan fingerprint density at radius 2 is 2.00 bits per heavy atom. The van der Waals surface area contributed by atoms with E-state index in [1.54, 1.807) is 4.90 Å². The van der Waals surface area contributed by atoms with Gasteiger partial charge in [0.25, 0.3) is 0 Å². The van der Waals surface area contributed by atoms with Gasteiger partial charge in [-0.2, -0.15) is 5.26 Å². The Balaban J connectivity index is 1.63. The van der Waals surface area contributed by atoms with Gasteiger partial charge in [0.15, 0.2) is 6.19 Å². The zero-order valence-corrected chi connectivity index (χ0v) is 9.61. The van der Waals surface area contributed by atoms with Gasteiger partial charge in [-0.05, 0) is 18.8 Å². The van der Waals surface area contributed by atoms with Crippen LogP contribution in [0, 0.1) is 17.4 Å². The van der Waals surface area contributed by atoms with Crippen molar-refractivity contribution >= 4 is 5.91 Å². The first kappa shape index (κ1) is 11.3. The minimum Gasteiger partial charge on any atom is -0.350 e. The van der Waals surface area contributed by atoms with Crippen molar-refractivity contribution in [1.29, 1.82) is 5.26 Å². The number of carbonyl (C=O) groups is 1. The number of amides is 1. The fraction of sp³-hybridized carbons (Fsp3) is 0.833. The second kappa shape index (κ2) is 5.20. The molecule has 0 aromatic rings. The molecule has 0 spiro atoms. The minimum atomic E-state index is 0.175. The lowest BCUT2D eigenvalue weighted by atomic mass is 9.87. The summed E-state index contributed by atoms with van der Waals surface area (Å²) in [5.41, 5.74) is 0. The molecule has 0 aromatic heterocycles. The van der Waals surface area contributed by atoms with E-state index in [4.69, 9.17) is 5.26 Å². The van der Waals surface area contributed by atoms with E-state index < -0.39 is 0 Å². The van der Waals surface area contributed by atoms with Crippen LogP contribution < -0.4 is 5.32 Å². The molecule has 1 N–H and O–H groups in total. The predicted molar refractivity (Wildman–Crippen MR) is 60.3 cm³/mol. The van der Waals surface area contributed by atoms with Gasteiger partial charge in [-0.3, -0.25) is 4.79 Å². The van der Waals surface area contributed by atoms with Gasteiger partial charge in [0.05, 0.1) is 19.1 Å². The SMILES string of the molecule is N#CN1CC(NC(=O)CC2CCCCC2)C1. The summed E-state index contributed by atoms with van der Waals surface area (Å²) in [4.78, 5) is 13.4. The first-order valence-corrected chi connectivity index (χ1v) is 6.22. The van der Waals surface area contributed by atoms with Crippen LogP contribution in [0.4, 0.5) is 0 Å². The van der Waals surface area contributed by atoms with E-state index in [0.717, 1.165) is 0 Å². The Morgan fingerprint density at radius 3 is 2.62 bits per heavy atom. The van der Waals surface area contributed by atoms with Crippen LogP contribution in [0.25, 0.3) is 0 Å². The highest BCUT2D eigenvalue weighted by Crippen LogP contribution is 2.26. The van der Waals surface area contributed by atoms with Crippen molar-refractivity contribution in [3.63, 3.8) is 0 Å². The topological polar surface area (TPSA) is 56.1 Å². The lowest BCUT2D eigenvalue weighted by molar-refractivity contribution is -0.123. The van der Waals surface area contributed by atoms with Crippen LogP contribution in [0.15, 0.2) is 0 Å². The molecule has 0 unspecified atom stereocenters. The molecule has 0 atom stereocenters. The van der Waals surface area contributed by atoms with E-state index in [1.807, 2.05) is 0 Å². The summed E-state index contributed by atoms with van der Waals surface area (Å²) in [6, 6.07) is 0.204. The first-order valence-electron chi connectivity index (χ1n) is 6.22. The number of hydrogen-bond acceptors (Lipinski definition) is 3. The summed E-state index contributed by atoms with van der Waals surface area (Å²) in [5, 5.41) is 11.6. The van der Waals surface area contributed by atoms with Gasteiger partial charge in [0.2, 0.25) is 5.91 Å². The van der Waals surface area contributed by atoms with Crippen LogP contribution in [0.5, 0.6) is 0 Å². The van der Waals surface area contributed by atoms with Crippen molar-refractivity contribution in [2.45, 2.75) is 44.6 Å². The molecule has 88 valence electrons. The third-order valence-corrected chi connectivity index (χ3v) is 3.59. The number of carbonyl (C=O) groups excluding carboxylic acids is 1. The average molecular weight is 221 g/mol. The number of likely N-dealkylation sites (tertiary alicyclic amines) is 1. The van der Waals surface area contributed by atoms with E-state index in [9.17, 15) is 4.79 Å². The highest BCUT2D eigenvalue weighted by Gasteiger charge is 2.27. The fourth-order valence-corrected chi connectivity index (χ4v) is 2.59. The Bertz CT molecular complexity index is 285. The smallest absolute Gasteiger partial charge is 0.220 e. The zero-order valence-electron chi connectivity index (χ0n) is 9.61. The summed E-state index contributed by atoms with van der Waals surface area (Å²) in [7, 11) is 0. The van der Waals surface area contributed by atoms with Gasteiger partial charge in [0.1, 0.15) is 0 Å². The van der Waals surface area contributed by atoms with Crippen LogP contribution in [-0.2, 0) is 4.79 Å². The van der Waals surface area contributed by atoms with Gasteiger partial charge in [-0.25, -0.2) is 0 Å². The van der Waals surface area contributed by atoms with Gasteiger partial charge in [-0.15, -0.1) is 0 Å². The standard InChI is InChI=1S/C12H19N3O/c13-9-15-7-11(8-15)14-12(16)6-10-4-2-1-3-5-10/h10-11H,1-8H2,(H,14,16). The molecule has 1 saturated heterocycles. The number of nitrogens with zero attached hydrogens (tertiary/aromatic N) is 2. The summed E-state index contributed by atoms with van der Waals surface area (Å²) in [5.74, 6) is 0.774. The zero-order chi connectivity index (χ0) is 11.4. The molecule has 2 fully saturated rings. The van der Waals surface area contributed by atoms with Crippen LogP contribution in [0.2, 0.25) is 0 Å². The highest BCUT2D eigenvalue weighted by atomic mass is 16.1. The number of rotatable bonds is 3. The summed E-state index contributed by atoms with van der Waals surface area (Å²) >= 11 is 0. The van der Waals surface area contributed by atoms with Crippen molar-refractivity contribution < 1.29 is 4.79 Å². The number of nitrogens with one attached hydrogen (secondary N) is 1. The van der Waals surface area contributed by atoms with E-state index in [2.05, 4.69) is 11.5 Å². The number of nitriles is 1. The Kier molecular flexibility index (Phi) is 3.66. The van der Waals surface area contributed by atoms with E-state index in [0.29, 0.717) is 25.4 Å². The van der Waals surface area contributed by atoms with Crippen LogP contribution in [-0.4, -0.2) is 29.9 Å². The molecular formula is C12H19N3O. The van der Waals surface area contributed by atoms with Crippen LogP contribution in [0.1, 0.15) is 38.5 Å². The third-order valence-electron chi connectivity index (χ3n) is 3.59. The predicted octanol–water partition coefficient (Wildman–Crippen LogP) is 1.24. The van der Waals surface area contributed by atoms with Crippen LogP contribution in [0.3, 0.4) is 0 Å². The maximum Gasteiger partial charge on any atom is 0.220 e. The molecule has 1 saturated carbocycles. The summed E-state index contributed by atoms with van der Waals surface area (Å²) in [6.45, 7) is 1.37. The molecule has 1 aliphatic carbocycles. The van der Waals surface area contributed by atoms with Crippen molar-refractivity contribution in [2.75, 3.05) is 13.1 Å². The fourth-order valence-electron chi connectivity index (χ4n) is 2.59. The minimum absolute atomic E-state index is 0.175. The Labute approximate surface area is 96.6 Å². The molecule has 4 nitrogen and oxygen atoms in total. The Hall–Kier alpha value is -1.24. The molecule has 2 aliphatic rings.